The minimum Gasteiger partial charge on any atom is -0.594 e. The molecule has 0 saturated heterocycles. The molecule has 0 atom stereocenters. The first-order chi connectivity index (χ1) is 9.26. The van der Waals surface area contributed by atoms with Gasteiger partial charge in [-0.25, -0.2) is 0 Å². The third-order valence-corrected chi connectivity index (χ3v) is 2.72. The van der Waals surface area contributed by atoms with Gasteiger partial charge in [0.25, 0.3) is 0 Å². The summed E-state index contributed by atoms with van der Waals surface area (Å²) < 4.78 is 11.1. The molecule has 0 radical (unpaired) electrons. The highest BCUT2D eigenvalue weighted by Gasteiger charge is 2.19. The van der Waals surface area contributed by atoms with E-state index < -0.39 is 0 Å². The van der Waals surface area contributed by atoms with Gasteiger partial charge in [-0.2, -0.15) is 0 Å². The molecule has 2 aromatic rings. The van der Waals surface area contributed by atoms with Crippen molar-refractivity contribution in [2.24, 2.45) is 5.11 Å². The minimum absolute atomic E-state index is 0.522. The Morgan fingerprint density at radius 1 is 1.11 bits per heavy atom. The minimum atomic E-state index is 0.522. The van der Waals surface area contributed by atoms with E-state index in [4.69, 9.17) is 9.47 Å². The van der Waals surface area contributed by atoms with Crippen molar-refractivity contribution in [2.75, 3.05) is 6.61 Å². The summed E-state index contributed by atoms with van der Waals surface area (Å²) in [4.78, 5) is 0.584. The fraction of sp³-hybridized carbons (Fsp3) is 0.143. The van der Waals surface area contributed by atoms with Crippen molar-refractivity contribution >= 4 is 11.4 Å². The van der Waals surface area contributed by atoms with Gasteiger partial charge in [-0.3, -0.25) is 0 Å². The first-order valence-electron chi connectivity index (χ1n) is 6.00. The van der Waals surface area contributed by atoms with Crippen LogP contribution in [0.2, 0.25) is 0 Å². The Labute approximate surface area is 110 Å². The van der Waals surface area contributed by atoms with Crippen LogP contribution in [0.5, 0.6) is 17.2 Å². The van der Waals surface area contributed by atoms with Gasteiger partial charge in [0.1, 0.15) is 11.5 Å². The molecule has 96 valence electrons. The lowest BCUT2D eigenvalue weighted by Crippen LogP contribution is -1.91. The number of azo groups is 1. The van der Waals surface area contributed by atoms with E-state index in [1.807, 2.05) is 31.2 Å². The van der Waals surface area contributed by atoms with Gasteiger partial charge in [0.2, 0.25) is 5.69 Å². The zero-order valence-electron chi connectivity index (χ0n) is 10.4. The van der Waals surface area contributed by atoms with E-state index in [1.54, 1.807) is 18.2 Å². The van der Waals surface area contributed by atoms with Gasteiger partial charge in [-0.15, -0.1) is 0 Å². The Balaban J connectivity index is 1.80. The highest BCUT2D eigenvalue weighted by Crippen LogP contribution is 2.39. The van der Waals surface area contributed by atoms with Crippen LogP contribution in [0, 0.1) is 5.21 Å². The van der Waals surface area contributed by atoms with Gasteiger partial charge < -0.3 is 14.7 Å². The van der Waals surface area contributed by atoms with Crippen LogP contribution >= 0.6 is 0 Å². The zero-order chi connectivity index (χ0) is 13.2. The molecule has 2 bridgehead atoms. The van der Waals surface area contributed by atoms with Crippen molar-refractivity contribution in [3.05, 3.63) is 47.7 Å². The maximum absolute atomic E-state index is 11.3. The normalized spacial score (nSPS) is 12.2. The maximum atomic E-state index is 11.3. The molecule has 1 aliphatic heterocycles. The van der Waals surface area contributed by atoms with E-state index in [1.165, 1.54) is 0 Å². The van der Waals surface area contributed by atoms with Gasteiger partial charge in [-0.05, 0) is 42.1 Å². The Morgan fingerprint density at radius 3 is 2.58 bits per heavy atom. The fourth-order valence-electron chi connectivity index (χ4n) is 1.84. The second-order valence-corrected chi connectivity index (χ2v) is 4.03. The topological polar surface area (TPSA) is 56.9 Å². The number of nitrogens with zero attached hydrogens (tertiary/aromatic N) is 2. The maximum Gasteiger partial charge on any atom is 0.247 e. The molecular formula is C14H12N2O3. The summed E-state index contributed by atoms with van der Waals surface area (Å²) in [6.07, 6.45) is 0. The predicted octanol–water partition coefficient (Wildman–Crippen LogP) is 4.12. The highest BCUT2D eigenvalue weighted by atomic mass is 16.5. The molecule has 0 spiro atoms. The van der Waals surface area contributed by atoms with Crippen molar-refractivity contribution in [2.45, 2.75) is 6.92 Å². The lowest BCUT2D eigenvalue weighted by molar-refractivity contribution is -0.430. The van der Waals surface area contributed by atoms with Gasteiger partial charge >= 0.3 is 0 Å². The van der Waals surface area contributed by atoms with E-state index >= 15 is 0 Å². The predicted molar refractivity (Wildman–Crippen MR) is 69.5 cm³/mol. The van der Waals surface area contributed by atoms with E-state index in [-0.39, 0.29) is 0 Å². The van der Waals surface area contributed by atoms with Crippen LogP contribution < -0.4 is 9.47 Å². The molecule has 0 fully saturated rings. The first-order valence-corrected chi connectivity index (χ1v) is 6.00. The third-order valence-electron chi connectivity index (χ3n) is 2.72. The van der Waals surface area contributed by atoms with E-state index in [2.05, 4.69) is 5.11 Å². The van der Waals surface area contributed by atoms with Crippen LogP contribution in [0.15, 0.2) is 47.6 Å². The second-order valence-electron chi connectivity index (χ2n) is 4.03. The van der Waals surface area contributed by atoms with Crippen LogP contribution in [0.1, 0.15) is 6.92 Å². The molecular weight excluding hydrogens is 244 g/mol. The smallest absolute Gasteiger partial charge is 0.247 e. The summed E-state index contributed by atoms with van der Waals surface area (Å²) in [5.41, 5.74) is 1.07. The average molecular weight is 256 g/mol. The zero-order valence-corrected chi connectivity index (χ0v) is 10.4. The quantitative estimate of drug-likeness (QED) is 0.610. The van der Waals surface area contributed by atoms with Crippen molar-refractivity contribution in [1.82, 2.24) is 0 Å². The largest absolute Gasteiger partial charge is 0.594 e. The van der Waals surface area contributed by atoms with E-state index in [0.29, 0.717) is 34.3 Å². The van der Waals surface area contributed by atoms with Crippen LogP contribution in [-0.4, -0.2) is 11.5 Å². The van der Waals surface area contributed by atoms with Crippen LogP contribution in [0.4, 0.5) is 11.4 Å². The summed E-state index contributed by atoms with van der Waals surface area (Å²) in [6, 6.07) is 12.4. The Morgan fingerprint density at radius 2 is 1.84 bits per heavy atom. The standard InChI is InChI=1S/C14H12N2O3/c1-2-18-11-4-6-12(7-5-11)19-14-8-3-10-9-13(14)15-16(10)17/h3-9H,2H2,1H3. The summed E-state index contributed by atoms with van der Waals surface area (Å²) in [5, 5.41) is 15.1. The van der Waals surface area contributed by atoms with Crippen LogP contribution in [0.25, 0.3) is 0 Å². The second kappa shape index (κ2) is 4.61. The number of ether oxygens (including phenoxy) is 2. The SMILES string of the molecule is CCOc1ccc(Oc2ccc3cc2N=[N+]3[O-])cc1. The van der Waals surface area contributed by atoms with E-state index in [0.717, 1.165) is 5.75 Å². The molecule has 2 aromatic carbocycles. The number of fused-ring (bicyclic) bond motifs is 2. The Kier molecular flexibility index (Phi) is 2.79. The molecule has 19 heavy (non-hydrogen) atoms. The molecule has 0 aromatic heterocycles. The van der Waals surface area contributed by atoms with Crippen LogP contribution in [-0.2, 0) is 0 Å². The van der Waals surface area contributed by atoms with Crippen molar-refractivity contribution < 1.29 is 14.3 Å². The van der Waals surface area contributed by atoms with Crippen LogP contribution in [0.3, 0.4) is 0 Å². The fourth-order valence-corrected chi connectivity index (χ4v) is 1.84. The molecule has 5 heteroatoms. The molecule has 3 rings (SSSR count). The van der Waals surface area contributed by atoms with E-state index in [9.17, 15) is 5.21 Å². The Hall–Kier alpha value is -2.56. The molecule has 1 heterocycles. The lowest BCUT2D eigenvalue weighted by atomic mass is 10.2. The summed E-state index contributed by atoms with van der Waals surface area (Å²) in [6.45, 7) is 2.56. The van der Waals surface area contributed by atoms with Crippen molar-refractivity contribution in [1.29, 1.82) is 0 Å². The number of hydrogen-bond donors (Lipinski definition) is 0. The summed E-state index contributed by atoms with van der Waals surface area (Å²) in [7, 11) is 0. The molecule has 0 aliphatic carbocycles. The first kappa shape index (κ1) is 11.5. The number of hydrogen-bond acceptors (Lipinski definition) is 4. The van der Waals surface area contributed by atoms with Gasteiger partial charge in [0, 0.05) is 17.2 Å². The third kappa shape index (κ3) is 2.22. The average Bonchev–Trinajstić information content (AvgIpc) is 2.72. The lowest BCUT2D eigenvalue weighted by Gasteiger charge is -2.07. The summed E-state index contributed by atoms with van der Waals surface area (Å²) >= 11 is 0. The number of rotatable bonds is 4. The molecule has 0 unspecified atom stereocenters. The highest BCUT2D eigenvalue weighted by molar-refractivity contribution is 5.60. The molecule has 5 nitrogen and oxygen atoms in total. The Bertz CT molecular complexity index is 636. The van der Waals surface area contributed by atoms with Gasteiger partial charge in [-0.1, -0.05) is 0 Å². The summed E-state index contributed by atoms with van der Waals surface area (Å²) in [5.74, 6) is 2.03. The number of benzene rings is 2. The van der Waals surface area contributed by atoms with Crippen molar-refractivity contribution in [3.8, 4) is 17.2 Å². The molecule has 0 N–H and O–H groups in total. The van der Waals surface area contributed by atoms with Crippen molar-refractivity contribution in [3.63, 3.8) is 0 Å². The monoisotopic (exact) mass is 256 g/mol. The molecule has 1 aliphatic rings. The molecule has 0 amide bonds. The molecule has 0 saturated carbocycles. The van der Waals surface area contributed by atoms with Gasteiger partial charge in [0.05, 0.1) is 6.61 Å². The van der Waals surface area contributed by atoms with Gasteiger partial charge in [0.15, 0.2) is 11.4 Å².